The van der Waals surface area contributed by atoms with Crippen molar-refractivity contribution >= 4 is 11.6 Å². The topological polar surface area (TPSA) is 30.5 Å². The first-order chi connectivity index (χ1) is 8.65. The Kier molecular flexibility index (Phi) is 4.62. The van der Waals surface area contributed by atoms with Crippen LogP contribution in [0.1, 0.15) is 17.5 Å². The second-order valence-electron chi connectivity index (χ2n) is 4.88. The molecular weight excluding hydrogens is 250 g/mol. The van der Waals surface area contributed by atoms with Crippen molar-refractivity contribution in [2.75, 3.05) is 26.9 Å². The molecule has 0 saturated carbocycles. The van der Waals surface area contributed by atoms with Crippen LogP contribution >= 0.6 is 11.6 Å². The summed E-state index contributed by atoms with van der Waals surface area (Å²) < 4.78 is 11.0. The Bertz CT molecular complexity index is 403. The number of benzene rings is 1. The number of ether oxygens (including phenoxy) is 2. The van der Waals surface area contributed by atoms with Gasteiger partial charge in [0.25, 0.3) is 0 Å². The quantitative estimate of drug-likeness (QED) is 0.891. The number of nitrogens with one attached hydrogen (secondary N) is 1. The maximum absolute atomic E-state index is 6.10. The lowest BCUT2D eigenvalue weighted by Gasteiger charge is -2.26. The van der Waals surface area contributed by atoms with E-state index < -0.39 is 0 Å². The summed E-state index contributed by atoms with van der Waals surface area (Å²) in [6.07, 6.45) is 0.950. The van der Waals surface area contributed by atoms with Crippen LogP contribution in [0.15, 0.2) is 18.2 Å². The van der Waals surface area contributed by atoms with Gasteiger partial charge >= 0.3 is 0 Å². The van der Waals surface area contributed by atoms with E-state index in [1.165, 1.54) is 5.56 Å². The van der Waals surface area contributed by atoms with Crippen LogP contribution in [0.5, 0.6) is 0 Å². The van der Waals surface area contributed by atoms with Crippen molar-refractivity contribution in [3.05, 3.63) is 34.3 Å². The molecule has 3 nitrogen and oxygen atoms in total. The first-order valence-electron chi connectivity index (χ1n) is 6.24. The van der Waals surface area contributed by atoms with Crippen molar-refractivity contribution in [1.82, 2.24) is 5.32 Å². The summed E-state index contributed by atoms with van der Waals surface area (Å²) in [5, 5.41) is 4.24. The zero-order chi connectivity index (χ0) is 13.0. The Balaban J connectivity index is 1.86. The summed E-state index contributed by atoms with van der Waals surface area (Å²) in [4.78, 5) is 0. The molecular formula is C14H20ClNO2. The van der Waals surface area contributed by atoms with Crippen molar-refractivity contribution in [2.45, 2.75) is 25.5 Å². The van der Waals surface area contributed by atoms with Crippen molar-refractivity contribution in [2.24, 2.45) is 0 Å². The van der Waals surface area contributed by atoms with Gasteiger partial charge < -0.3 is 14.8 Å². The Morgan fingerprint density at radius 1 is 1.50 bits per heavy atom. The normalized spacial score (nSPS) is 23.5. The highest BCUT2D eigenvalue weighted by atomic mass is 35.5. The molecule has 1 aromatic carbocycles. The molecule has 0 aliphatic carbocycles. The molecule has 1 unspecified atom stereocenters. The molecule has 1 heterocycles. The van der Waals surface area contributed by atoms with Gasteiger partial charge in [0.2, 0.25) is 0 Å². The number of hydrogen-bond acceptors (Lipinski definition) is 3. The van der Waals surface area contributed by atoms with Crippen molar-refractivity contribution in [1.29, 1.82) is 0 Å². The molecule has 1 aromatic rings. The van der Waals surface area contributed by atoms with Gasteiger partial charge in [-0.05, 0) is 24.1 Å². The van der Waals surface area contributed by atoms with Crippen LogP contribution in [-0.4, -0.2) is 32.5 Å². The lowest BCUT2D eigenvalue weighted by Crippen LogP contribution is -2.42. The molecule has 0 amide bonds. The Morgan fingerprint density at radius 2 is 2.33 bits per heavy atom. The lowest BCUT2D eigenvalue weighted by atomic mass is 10.0. The molecule has 0 aromatic heterocycles. The lowest BCUT2D eigenvalue weighted by molar-refractivity contribution is -0.0159. The second kappa shape index (κ2) is 6.02. The van der Waals surface area contributed by atoms with Crippen molar-refractivity contribution in [3.63, 3.8) is 0 Å². The van der Waals surface area contributed by atoms with Crippen LogP contribution in [-0.2, 0) is 16.0 Å². The molecule has 4 heteroatoms. The summed E-state index contributed by atoms with van der Waals surface area (Å²) in [6, 6.07) is 6.15. The van der Waals surface area contributed by atoms with E-state index in [4.69, 9.17) is 21.1 Å². The molecule has 100 valence electrons. The van der Waals surface area contributed by atoms with E-state index in [1.54, 1.807) is 7.11 Å². The summed E-state index contributed by atoms with van der Waals surface area (Å²) in [7, 11) is 1.75. The standard InChI is InChI=1S/C14H20ClNO2/c1-11-3-4-12(7-13(11)15)8-16-9-14(17-2)5-6-18-10-14/h3-4,7,16H,5-6,8-10H2,1-2H3. The van der Waals surface area contributed by atoms with Crippen LogP contribution in [0.25, 0.3) is 0 Å². The Morgan fingerprint density at radius 3 is 2.94 bits per heavy atom. The number of hydrogen-bond donors (Lipinski definition) is 1. The maximum atomic E-state index is 6.10. The molecule has 1 aliphatic heterocycles. The molecule has 0 bridgehead atoms. The van der Waals surface area contributed by atoms with Gasteiger partial charge in [-0.2, -0.15) is 0 Å². The molecule has 1 saturated heterocycles. The van der Waals surface area contributed by atoms with Crippen molar-refractivity contribution in [3.8, 4) is 0 Å². The first kappa shape index (κ1) is 13.8. The van der Waals surface area contributed by atoms with Gasteiger partial charge in [-0.15, -0.1) is 0 Å². The third-order valence-electron chi connectivity index (χ3n) is 3.51. The maximum Gasteiger partial charge on any atom is 0.106 e. The fourth-order valence-electron chi connectivity index (χ4n) is 2.14. The third kappa shape index (κ3) is 3.23. The summed E-state index contributed by atoms with van der Waals surface area (Å²) in [5.41, 5.74) is 2.14. The molecule has 1 N–H and O–H groups in total. The SMILES string of the molecule is COC1(CNCc2ccc(C)c(Cl)c2)CCOC1. The number of halogens is 1. The average Bonchev–Trinajstić information content (AvgIpc) is 2.83. The van der Waals surface area contributed by atoms with E-state index in [-0.39, 0.29) is 5.60 Å². The molecule has 18 heavy (non-hydrogen) atoms. The van der Waals surface area contributed by atoms with Gasteiger partial charge in [0.15, 0.2) is 0 Å². The second-order valence-corrected chi connectivity index (χ2v) is 5.28. The smallest absolute Gasteiger partial charge is 0.106 e. The average molecular weight is 270 g/mol. The predicted octanol–water partition coefficient (Wildman–Crippen LogP) is 2.54. The fraction of sp³-hybridized carbons (Fsp3) is 0.571. The molecule has 0 spiro atoms. The fourth-order valence-corrected chi connectivity index (χ4v) is 2.35. The molecule has 2 rings (SSSR count). The van der Waals surface area contributed by atoms with E-state index in [1.807, 2.05) is 19.1 Å². The highest BCUT2D eigenvalue weighted by Crippen LogP contribution is 2.22. The molecule has 1 fully saturated rings. The molecule has 0 radical (unpaired) electrons. The van der Waals surface area contributed by atoms with Crippen LogP contribution in [0, 0.1) is 6.92 Å². The van der Waals surface area contributed by atoms with Crippen LogP contribution in [0.3, 0.4) is 0 Å². The van der Waals surface area contributed by atoms with Crippen LogP contribution < -0.4 is 5.32 Å². The van der Waals surface area contributed by atoms with E-state index in [2.05, 4.69) is 11.4 Å². The minimum atomic E-state index is -0.158. The van der Waals surface area contributed by atoms with Crippen LogP contribution in [0.4, 0.5) is 0 Å². The van der Waals surface area contributed by atoms with E-state index in [0.29, 0.717) is 6.61 Å². The third-order valence-corrected chi connectivity index (χ3v) is 3.92. The molecule has 1 atom stereocenters. The summed E-state index contributed by atoms with van der Waals surface area (Å²) in [5.74, 6) is 0. The van der Waals surface area contributed by atoms with Gasteiger partial charge in [0.1, 0.15) is 5.60 Å². The minimum Gasteiger partial charge on any atom is -0.378 e. The van der Waals surface area contributed by atoms with E-state index in [0.717, 1.165) is 36.7 Å². The molecule has 1 aliphatic rings. The van der Waals surface area contributed by atoms with Crippen molar-refractivity contribution < 1.29 is 9.47 Å². The van der Waals surface area contributed by atoms with Gasteiger partial charge in [0, 0.05) is 38.2 Å². The Labute approximate surface area is 113 Å². The number of aryl methyl sites for hydroxylation is 1. The first-order valence-corrected chi connectivity index (χ1v) is 6.62. The monoisotopic (exact) mass is 269 g/mol. The highest BCUT2D eigenvalue weighted by molar-refractivity contribution is 6.31. The Hall–Kier alpha value is -0.610. The van der Waals surface area contributed by atoms with E-state index >= 15 is 0 Å². The zero-order valence-electron chi connectivity index (χ0n) is 11.0. The highest BCUT2D eigenvalue weighted by Gasteiger charge is 2.34. The van der Waals surface area contributed by atoms with Crippen LogP contribution in [0.2, 0.25) is 5.02 Å². The summed E-state index contributed by atoms with van der Waals surface area (Å²) >= 11 is 6.10. The van der Waals surface area contributed by atoms with E-state index in [9.17, 15) is 0 Å². The van der Waals surface area contributed by atoms with Gasteiger partial charge in [-0.1, -0.05) is 23.7 Å². The van der Waals surface area contributed by atoms with Gasteiger partial charge in [0.05, 0.1) is 6.61 Å². The number of rotatable bonds is 5. The minimum absolute atomic E-state index is 0.158. The predicted molar refractivity (Wildman–Crippen MR) is 73.1 cm³/mol. The van der Waals surface area contributed by atoms with Gasteiger partial charge in [-0.25, -0.2) is 0 Å². The zero-order valence-corrected chi connectivity index (χ0v) is 11.7. The summed E-state index contributed by atoms with van der Waals surface area (Å²) in [6.45, 7) is 5.06. The number of methoxy groups -OCH3 is 1. The largest absolute Gasteiger partial charge is 0.378 e. The van der Waals surface area contributed by atoms with Gasteiger partial charge in [-0.3, -0.25) is 0 Å².